The molecule has 0 bridgehead atoms. The van der Waals surface area contributed by atoms with Crippen LogP contribution in [0.2, 0.25) is 0 Å². The Kier molecular flexibility index (Phi) is 7.19. The molecule has 2 N–H and O–H groups in total. The van der Waals surface area contributed by atoms with Crippen molar-refractivity contribution in [3.63, 3.8) is 0 Å². The highest BCUT2D eigenvalue weighted by Crippen LogP contribution is 2.32. The number of halogens is 3. The Hall–Kier alpha value is -4.73. The van der Waals surface area contributed by atoms with Crippen LogP contribution < -0.4 is 15.5 Å². The third-order valence-electron chi connectivity index (χ3n) is 5.28. The average molecular weight is 506 g/mol. The van der Waals surface area contributed by atoms with Gasteiger partial charge in [0.05, 0.1) is 24.1 Å². The second-order valence-corrected chi connectivity index (χ2v) is 8.02. The summed E-state index contributed by atoms with van der Waals surface area (Å²) in [6.45, 7) is 1.48. The number of pyridine rings is 1. The van der Waals surface area contributed by atoms with Gasteiger partial charge in [-0.25, -0.2) is 4.68 Å². The van der Waals surface area contributed by atoms with Crippen molar-refractivity contribution < 1.29 is 17.9 Å². The predicted molar refractivity (Wildman–Crippen MR) is 136 cm³/mol. The molecule has 37 heavy (non-hydrogen) atoms. The van der Waals surface area contributed by atoms with Gasteiger partial charge in [0.25, 0.3) is 0 Å². The number of hydrogen-bond acceptors (Lipinski definition) is 6. The minimum Gasteiger partial charge on any atom is -0.494 e. The maximum absolute atomic E-state index is 13.2. The largest absolute Gasteiger partial charge is 0.494 e. The predicted octanol–water partition coefficient (Wildman–Crippen LogP) is 5.81. The number of ether oxygens (including phenoxy) is 1. The molecule has 0 unspecified atom stereocenters. The van der Waals surface area contributed by atoms with Crippen LogP contribution in [0.1, 0.15) is 18.2 Å². The highest BCUT2D eigenvalue weighted by molar-refractivity contribution is 5.98. The Morgan fingerprint density at radius 1 is 1.08 bits per heavy atom. The normalized spacial score (nSPS) is 11.8. The van der Waals surface area contributed by atoms with Crippen molar-refractivity contribution in [1.29, 1.82) is 5.41 Å². The summed E-state index contributed by atoms with van der Waals surface area (Å²) in [7, 11) is 1.50. The lowest BCUT2D eigenvalue weighted by Crippen LogP contribution is -2.19. The van der Waals surface area contributed by atoms with Crippen LogP contribution in [0.25, 0.3) is 22.6 Å². The van der Waals surface area contributed by atoms with Gasteiger partial charge in [0.2, 0.25) is 5.43 Å². The summed E-state index contributed by atoms with van der Waals surface area (Å²) in [5.74, 6) is 0.463. The van der Waals surface area contributed by atoms with E-state index in [0.29, 0.717) is 11.4 Å². The van der Waals surface area contributed by atoms with Crippen LogP contribution in [0, 0.1) is 5.41 Å². The zero-order valence-electron chi connectivity index (χ0n) is 19.9. The van der Waals surface area contributed by atoms with E-state index in [1.165, 1.54) is 49.2 Å². The molecule has 0 radical (unpaired) electrons. The van der Waals surface area contributed by atoms with E-state index in [-0.39, 0.29) is 22.8 Å². The number of benzene rings is 2. The smallest absolute Gasteiger partial charge is 0.416 e. The van der Waals surface area contributed by atoms with E-state index >= 15 is 0 Å². The first-order valence-corrected chi connectivity index (χ1v) is 11.1. The van der Waals surface area contributed by atoms with E-state index in [1.807, 2.05) is 24.3 Å². The SMILES string of the molecule is COc1cc(-c2ccccn2)ccc1-n1ccc(=O)c(/C(=C/C(C)=N)Nc2cccc(C(F)(F)F)c2)n1. The molecular formula is C27H22F3N5O2. The minimum absolute atomic E-state index is 0.0726. The maximum atomic E-state index is 13.2. The summed E-state index contributed by atoms with van der Waals surface area (Å²) in [4.78, 5) is 17.1. The molecule has 188 valence electrons. The number of alkyl halides is 3. The second kappa shape index (κ2) is 10.5. The number of allylic oxidation sites excluding steroid dienone is 1. The fourth-order valence-electron chi connectivity index (χ4n) is 3.60. The molecule has 0 aliphatic rings. The third-order valence-corrected chi connectivity index (χ3v) is 5.28. The van der Waals surface area contributed by atoms with Gasteiger partial charge in [0, 0.05) is 35.4 Å². The van der Waals surface area contributed by atoms with Crippen LogP contribution in [0.5, 0.6) is 5.75 Å². The molecule has 0 aliphatic heterocycles. The number of methoxy groups -OCH3 is 1. The Balaban J connectivity index is 1.76. The van der Waals surface area contributed by atoms with Gasteiger partial charge in [-0.05, 0) is 55.5 Å². The van der Waals surface area contributed by atoms with Gasteiger partial charge in [0.1, 0.15) is 11.4 Å². The van der Waals surface area contributed by atoms with Crippen molar-refractivity contribution in [3.05, 3.63) is 107 Å². The van der Waals surface area contributed by atoms with E-state index < -0.39 is 17.2 Å². The standard InChI is InChI=1S/C27H22F3N5O2/c1-17(31)14-22(33-20-7-5-6-19(16-20)27(28,29)30)26-24(36)11-13-35(34-26)23-10-9-18(15-25(23)37-2)21-8-3-4-12-32-21/h3-16,31,33H,1-2H3/b22-14-,31-17?. The first kappa shape index (κ1) is 25.4. The maximum Gasteiger partial charge on any atom is 0.416 e. The topological polar surface area (TPSA) is 92.9 Å². The van der Waals surface area contributed by atoms with Crippen LogP contribution in [-0.4, -0.2) is 27.6 Å². The Bertz CT molecular complexity index is 1530. The van der Waals surface area contributed by atoms with E-state index in [2.05, 4.69) is 15.4 Å². The summed E-state index contributed by atoms with van der Waals surface area (Å²) >= 11 is 0. The molecule has 0 fully saturated rings. The first-order chi connectivity index (χ1) is 17.7. The van der Waals surface area contributed by atoms with E-state index in [9.17, 15) is 18.0 Å². The molecular weight excluding hydrogens is 483 g/mol. The number of nitrogens with zero attached hydrogens (tertiary/aromatic N) is 3. The van der Waals surface area contributed by atoms with Gasteiger partial charge in [-0.1, -0.05) is 18.2 Å². The number of nitrogens with one attached hydrogen (secondary N) is 2. The summed E-state index contributed by atoms with van der Waals surface area (Å²) in [5, 5.41) is 15.1. The van der Waals surface area contributed by atoms with Crippen molar-refractivity contribution in [3.8, 4) is 22.7 Å². The van der Waals surface area contributed by atoms with Gasteiger partial charge in [-0.3, -0.25) is 9.78 Å². The van der Waals surface area contributed by atoms with Crippen LogP contribution in [0.3, 0.4) is 0 Å². The highest BCUT2D eigenvalue weighted by Gasteiger charge is 2.30. The molecule has 0 atom stereocenters. The van der Waals surface area contributed by atoms with Gasteiger partial charge in [0.15, 0.2) is 5.69 Å². The van der Waals surface area contributed by atoms with Gasteiger partial charge < -0.3 is 15.5 Å². The molecule has 0 aliphatic carbocycles. The summed E-state index contributed by atoms with van der Waals surface area (Å²) in [6.07, 6.45) is -0.0599. The van der Waals surface area contributed by atoms with Crippen molar-refractivity contribution in [2.24, 2.45) is 0 Å². The third kappa shape index (κ3) is 5.92. The summed E-state index contributed by atoms with van der Waals surface area (Å²) < 4.78 is 46.6. The molecule has 2 heterocycles. The second-order valence-electron chi connectivity index (χ2n) is 8.02. The van der Waals surface area contributed by atoms with Crippen LogP contribution in [0.4, 0.5) is 18.9 Å². The Morgan fingerprint density at radius 2 is 1.89 bits per heavy atom. The Labute approximate surface area is 210 Å². The van der Waals surface area contributed by atoms with Crippen molar-refractivity contribution >= 4 is 17.1 Å². The van der Waals surface area contributed by atoms with E-state index in [1.54, 1.807) is 18.3 Å². The molecule has 0 saturated heterocycles. The lowest BCUT2D eigenvalue weighted by Gasteiger charge is -2.16. The van der Waals surface area contributed by atoms with Crippen LogP contribution >= 0.6 is 0 Å². The minimum atomic E-state index is -4.53. The monoisotopic (exact) mass is 505 g/mol. The first-order valence-electron chi connectivity index (χ1n) is 11.1. The molecule has 0 spiro atoms. The highest BCUT2D eigenvalue weighted by atomic mass is 19.4. The van der Waals surface area contributed by atoms with Gasteiger partial charge >= 0.3 is 6.18 Å². The van der Waals surface area contributed by atoms with E-state index in [0.717, 1.165) is 23.4 Å². The number of rotatable bonds is 7. The number of aromatic nitrogens is 3. The fourth-order valence-corrected chi connectivity index (χ4v) is 3.60. The molecule has 0 amide bonds. The molecule has 4 rings (SSSR count). The van der Waals surface area contributed by atoms with Crippen molar-refractivity contribution in [2.45, 2.75) is 13.1 Å². The average Bonchev–Trinajstić information content (AvgIpc) is 2.88. The lowest BCUT2D eigenvalue weighted by atomic mass is 10.1. The summed E-state index contributed by atoms with van der Waals surface area (Å²) in [6, 6.07) is 16.8. The lowest BCUT2D eigenvalue weighted by molar-refractivity contribution is -0.137. The Morgan fingerprint density at radius 3 is 2.57 bits per heavy atom. The van der Waals surface area contributed by atoms with Crippen LogP contribution in [0.15, 0.2) is 90.0 Å². The van der Waals surface area contributed by atoms with Crippen LogP contribution in [-0.2, 0) is 6.18 Å². The quantitative estimate of drug-likeness (QED) is 0.309. The number of anilines is 1. The zero-order chi connectivity index (χ0) is 26.6. The molecule has 2 aromatic heterocycles. The summed E-state index contributed by atoms with van der Waals surface area (Å²) in [5.41, 5.74) is 0.920. The zero-order valence-corrected chi connectivity index (χ0v) is 19.9. The molecule has 10 heteroatoms. The van der Waals surface area contributed by atoms with Crippen molar-refractivity contribution in [2.75, 3.05) is 12.4 Å². The van der Waals surface area contributed by atoms with Gasteiger partial charge in [-0.15, -0.1) is 0 Å². The van der Waals surface area contributed by atoms with E-state index in [4.69, 9.17) is 10.1 Å². The number of hydrogen-bond donors (Lipinski definition) is 2. The van der Waals surface area contributed by atoms with Crippen molar-refractivity contribution in [1.82, 2.24) is 14.8 Å². The van der Waals surface area contributed by atoms with Gasteiger partial charge in [-0.2, -0.15) is 18.3 Å². The molecule has 4 aromatic rings. The molecule has 0 saturated carbocycles. The molecule has 2 aromatic carbocycles. The fraction of sp³-hybridized carbons (Fsp3) is 0.111. The molecule has 7 nitrogen and oxygen atoms in total.